The van der Waals surface area contributed by atoms with Crippen LogP contribution in [0.3, 0.4) is 0 Å². The van der Waals surface area contributed by atoms with Gasteiger partial charge in [-0.15, -0.1) is 0 Å². The number of rotatable bonds is 6. The third-order valence-corrected chi connectivity index (χ3v) is 4.33. The number of methoxy groups -OCH3 is 2. The van der Waals surface area contributed by atoms with Gasteiger partial charge in [-0.2, -0.15) is 0 Å². The molecule has 1 aliphatic rings. The second-order valence-electron chi connectivity index (χ2n) is 5.57. The molecule has 0 saturated carbocycles. The summed E-state index contributed by atoms with van der Waals surface area (Å²) >= 11 is 0. The molecule has 1 aliphatic heterocycles. The first-order valence-corrected chi connectivity index (χ1v) is 7.41. The first-order chi connectivity index (χ1) is 10.1. The molecule has 1 aromatic rings. The molecular formula is C16H25FN2O2. The van der Waals surface area contributed by atoms with Crippen LogP contribution in [0, 0.1) is 5.82 Å². The number of hydrogen-bond acceptors (Lipinski definition) is 4. The van der Waals surface area contributed by atoms with E-state index in [9.17, 15) is 4.39 Å². The minimum absolute atomic E-state index is 0.0106. The maximum Gasteiger partial charge on any atom is 0.123 e. The van der Waals surface area contributed by atoms with Crippen molar-refractivity contribution in [1.82, 2.24) is 4.90 Å². The molecule has 1 fully saturated rings. The molecule has 1 aromatic carbocycles. The van der Waals surface area contributed by atoms with E-state index in [0.29, 0.717) is 0 Å². The highest BCUT2D eigenvalue weighted by Crippen LogP contribution is 2.30. The van der Waals surface area contributed by atoms with Crippen molar-refractivity contribution in [3.8, 4) is 0 Å². The molecule has 0 bridgehead atoms. The molecular weight excluding hydrogens is 271 g/mol. The maximum absolute atomic E-state index is 13.2. The van der Waals surface area contributed by atoms with E-state index >= 15 is 0 Å². The summed E-state index contributed by atoms with van der Waals surface area (Å²) in [6.45, 7) is 3.61. The summed E-state index contributed by atoms with van der Waals surface area (Å²) in [5.41, 5.74) is 7.36. The molecule has 0 aliphatic carbocycles. The fraction of sp³-hybridized carbons (Fsp3) is 0.625. The maximum atomic E-state index is 13.2. The molecule has 21 heavy (non-hydrogen) atoms. The molecule has 5 heteroatoms. The van der Waals surface area contributed by atoms with Crippen molar-refractivity contribution in [2.45, 2.75) is 37.6 Å². The summed E-state index contributed by atoms with van der Waals surface area (Å²) in [7, 11) is 3.40. The monoisotopic (exact) mass is 296 g/mol. The molecule has 1 heterocycles. The van der Waals surface area contributed by atoms with Crippen molar-refractivity contribution in [1.29, 1.82) is 0 Å². The molecule has 0 radical (unpaired) electrons. The van der Waals surface area contributed by atoms with Gasteiger partial charge in [0.05, 0.1) is 18.2 Å². The Morgan fingerprint density at radius 3 is 2.14 bits per heavy atom. The van der Waals surface area contributed by atoms with Crippen molar-refractivity contribution < 1.29 is 13.9 Å². The van der Waals surface area contributed by atoms with E-state index in [-0.39, 0.29) is 30.1 Å². The molecule has 4 unspecified atom stereocenters. The minimum atomic E-state index is -0.228. The fourth-order valence-corrected chi connectivity index (χ4v) is 3.06. The Morgan fingerprint density at radius 1 is 1.19 bits per heavy atom. The van der Waals surface area contributed by atoms with E-state index in [0.717, 1.165) is 25.1 Å². The van der Waals surface area contributed by atoms with Crippen LogP contribution in [0.5, 0.6) is 0 Å². The van der Waals surface area contributed by atoms with Crippen molar-refractivity contribution in [2.24, 2.45) is 5.73 Å². The standard InChI is InChI=1S/C16H25FN2O2/c1-4-13(18)16(11-5-7-12(17)8-6-11)19-9-14(20-2)15(10-19)21-3/h5-8,13-16H,4,9-10,18H2,1-3H3. The quantitative estimate of drug-likeness (QED) is 0.871. The summed E-state index contributed by atoms with van der Waals surface area (Å²) in [6.07, 6.45) is 0.942. The van der Waals surface area contributed by atoms with E-state index in [1.807, 2.05) is 12.1 Å². The normalized spacial score (nSPS) is 26.0. The number of likely N-dealkylation sites (tertiary alicyclic amines) is 1. The molecule has 2 rings (SSSR count). The Morgan fingerprint density at radius 2 is 1.71 bits per heavy atom. The molecule has 1 saturated heterocycles. The Kier molecular flexibility index (Phi) is 5.70. The van der Waals surface area contributed by atoms with E-state index in [4.69, 9.17) is 15.2 Å². The van der Waals surface area contributed by atoms with Crippen LogP contribution in [0.2, 0.25) is 0 Å². The fourth-order valence-electron chi connectivity index (χ4n) is 3.06. The van der Waals surface area contributed by atoms with E-state index in [1.165, 1.54) is 12.1 Å². The average molecular weight is 296 g/mol. The smallest absolute Gasteiger partial charge is 0.123 e. The highest BCUT2D eigenvalue weighted by molar-refractivity contribution is 5.22. The van der Waals surface area contributed by atoms with Gasteiger partial charge >= 0.3 is 0 Å². The summed E-state index contributed by atoms with van der Waals surface area (Å²) in [5, 5.41) is 0. The first kappa shape index (κ1) is 16.4. The van der Waals surface area contributed by atoms with Crippen molar-refractivity contribution in [2.75, 3.05) is 27.3 Å². The van der Waals surface area contributed by atoms with Crippen LogP contribution in [0.15, 0.2) is 24.3 Å². The predicted molar refractivity (Wildman–Crippen MR) is 80.6 cm³/mol. The highest BCUT2D eigenvalue weighted by Gasteiger charge is 2.38. The largest absolute Gasteiger partial charge is 0.377 e. The van der Waals surface area contributed by atoms with Gasteiger partial charge in [-0.05, 0) is 24.1 Å². The van der Waals surface area contributed by atoms with Crippen LogP contribution in [-0.4, -0.2) is 50.5 Å². The topological polar surface area (TPSA) is 47.7 Å². The lowest BCUT2D eigenvalue weighted by Crippen LogP contribution is -2.40. The van der Waals surface area contributed by atoms with Gasteiger partial charge in [0.1, 0.15) is 5.82 Å². The van der Waals surface area contributed by atoms with Crippen molar-refractivity contribution in [3.63, 3.8) is 0 Å². The van der Waals surface area contributed by atoms with Gasteiger partial charge < -0.3 is 15.2 Å². The number of ether oxygens (including phenoxy) is 2. The van der Waals surface area contributed by atoms with Crippen LogP contribution in [0.1, 0.15) is 24.9 Å². The van der Waals surface area contributed by atoms with Crippen LogP contribution in [0.25, 0.3) is 0 Å². The lowest BCUT2D eigenvalue weighted by atomic mass is 9.96. The summed E-state index contributed by atoms with van der Waals surface area (Å²) < 4.78 is 24.2. The van der Waals surface area contributed by atoms with Gasteiger partial charge in [-0.1, -0.05) is 19.1 Å². The third-order valence-electron chi connectivity index (χ3n) is 4.33. The van der Waals surface area contributed by atoms with E-state index in [1.54, 1.807) is 14.2 Å². The first-order valence-electron chi connectivity index (χ1n) is 7.41. The van der Waals surface area contributed by atoms with Gasteiger partial charge in [0.25, 0.3) is 0 Å². The van der Waals surface area contributed by atoms with Gasteiger partial charge in [-0.3, -0.25) is 4.90 Å². The number of nitrogens with zero attached hydrogens (tertiary/aromatic N) is 1. The molecule has 2 N–H and O–H groups in total. The molecule has 0 amide bonds. The summed E-state index contributed by atoms with van der Waals surface area (Å²) in [4.78, 5) is 2.28. The Bertz CT molecular complexity index is 428. The molecule has 0 aromatic heterocycles. The van der Waals surface area contributed by atoms with E-state index < -0.39 is 0 Å². The highest BCUT2D eigenvalue weighted by atomic mass is 19.1. The number of nitrogens with two attached hydrogens (primary N) is 1. The van der Waals surface area contributed by atoms with Gasteiger partial charge in [0, 0.05) is 33.4 Å². The second-order valence-corrected chi connectivity index (χ2v) is 5.57. The molecule has 4 atom stereocenters. The van der Waals surface area contributed by atoms with Crippen LogP contribution in [-0.2, 0) is 9.47 Å². The number of benzene rings is 1. The Balaban J connectivity index is 2.23. The zero-order chi connectivity index (χ0) is 15.4. The van der Waals surface area contributed by atoms with Crippen LogP contribution in [0.4, 0.5) is 4.39 Å². The Labute approximate surface area is 126 Å². The lowest BCUT2D eigenvalue weighted by Gasteiger charge is -2.32. The summed E-state index contributed by atoms with van der Waals surface area (Å²) in [5.74, 6) is -0.228. The van der Waals surface area contributed by atoms with Gasteiger partial charge in [0.2, 0.25) is 0 Å². The number of hydrogen-bond donors (Lipinski definition) is 1. The number of halogens is 1. The second kappa shape index (κ2) is 7.31. The third kappa shape index (κ3) is 3.61. The van der Waals surface area contributed by atoms with E-state index in [2.05, 4.69) is 11.8 Å². The lowest BCUT2D eigenvalue weighted by molar-refractivity contribution is -0.00461. The van der Waals surface area contributed by atoms with Crippen molar-refractivity contribution in [3.05, 3.63) is 35.6 Å². The predicted octanol–water partition coefficient (Wildman–Crippen LogP) is 1.95. The van der Waals surface area contributed by atoms with Crippen molar-refractivity contribution >= 4 is 0 Å². The van der Waals surface area contributed by atoms with Gasteiger partial charge in [0.15, 0.2) is 0 Å². The molecule has 118 valence electrons. The van der Waals surface area contributed by atoms with Gasteiger partial charge in [-0.25, -0.2) is 4.39 Å². The Hall–Kier alpha value is -1.01. The molecule has 0 spiro atoms. The minimum Gasteiger partial charge on any atom is -0.377 e. The SMILES string of the molecule is CCC(N)C(c1ccc(F)cc1)N1CC(OC)C(OC)C1. The van der Waals surface area contributed by atoms with Crippen LogP contribution < -0.4 is 5.73 Å². The average Bonchev–Trinajstić information content (AvgIpc) is 2.92. The zero-order valence-corrected chi connectivity index (χ0v) is 13.0. The molecule has 4 nitrogen and oxygen atoms in total. The summed E-state index contributed by atoms with van der Waals surface area (Å²) in [6, 6.07) is 6.65. The zero-order valence-electron chi connectivity index (χ0n) is 13.0. The van der Waals surface area contributed by atoms with Crippen LogP contribution >= 0.6 is 0 Å².